The molecule has 6 heteroatoms. The van der Waals surface area contributed by atoms with Crippen LogP contribution in [0.4, 0.5) is 0 Å². The Kier molecular flexibility index (Phi) is 5.25. The lowest BCUT2D eigenvalue weighted by atomic mass is 10.0. The molecule has 1 aromatic carbocycles. The van der Waals surface area contributed by atoms with E-state index in [2.05, 4.69) is 5.32 Å². The van der Waals surface area contributed by atoms with Crippen molar-refractivity contribution in [3.63, 3.8) is 0 Å². The van der Waals surface area contributed by atoms with E-state index in [1.807, 2.05) is 26.0 Å². The summed E-state index contributed by atoms with van der Waals surface area (Å²) in [6, 6.07) is 4.10. The van der Waals surface area contributed by atoms with Crippen LogP contribution in [-0.2, 0) is 20.8 Å². The number of carbonyl (C=O) groups is 3. The number of aryl methyl sites for hydroxylation is 2. The molecule has 3 N–H and O–H groups in total. The minimum Gasteiger partial charge on any atom is -0.481 e. The average molecular weight is 279 g/mol. The zero-order valence-corrected chi connectivity index (χ0v) is 11.3. The van der Waals surface area contributed by atoms with Crippen LogP contribution >= 0.6 is 0 Å². The highest BCUT2D eigenvalue weighted by molar-refractivity contribution is 5.87. The average Bonchev–Trinajstić information content (AvgIpc) is 2.32. The Hall–Kier alpha value is -2.37. The lowest BCUT2D eigenvalue weighted by molar-refractivity contribution is -0.147. The van der Waals surface area contributed by atoms with Crippen LogP contribution < -0.4 is 5.32 Å². The van der Waals surface area contributed by atoms with E-state index < -0.39 is 30.3 Å². The van der Waals surface area contributed by atoms with Crippen molar-refractivity contribution >= 4 is 17.8 Å². The second kappa shape index (κ2) is 6.70. The van der Waals surface area contributed by atoms with Crippen LogP contribution in [0.3, 0.4) is 0 Å². The van der Waals surface area contributed by atoms with Gasteiger partial charge in [-0.05, 0) is 30.5 Å². The number of aliphatic carboxylic acids is 2. The molecule has 1 atom stereocenters. The van der Waals surface area contributed by atoms with Crippen molar-refractivity contribution in [3.05, 3.63) is 34.9 Å². The summed E-state index contributed by atoms with van der Waals surface area (Å²) in [6.45, 7) is 3.87. The molecule has 0 aliphatic rings. The van der Waals surface area contributed by atoms with Gasteiger partial charge in [0, 0.05) is 0 Å². The van der Waals surface area contributed by atoms with Crippen molar-refractivity contribution in [1.82, 2.24) is 5.32 Å². The van der Waals surface area contributed by atoms with E-state index >= 15 is 0 Å². The number of carbonyl (C=O) groups excluding carboxylic acids is 1. The SMILES string of the molecule is Cc1ccc(CC(=O)NC(CC(=O)O)C(=O)O)cc1C. The van der Waals surface area contributed by atoms with Gasteiger partial charge >= 0.3 is 11.9 Å². The first kappa shape index (κ1) is 15.7. The molecule has 108 valence electrons. The largest absolute Gasteiger partial charge is 0.481 e. The maximum absolute atomic E-state index is 11.7. The molecule has 0 saturated heterocycles. The fourth-order valence-corrected chi connectivity index (χ4v) is 1.72. The fourth-order valence-electron chi connectivity index (χ4n) is 1.72. The van der Waals surface area contributed by atoms with Crippen LogP contribution in [0.5, 0.6) is 0 Å². The predicted molar refractivity (Wildman–Crippen MR) is 71.4 cm³/mol. The number of benzene rings is 1. The highest BCUT2D eigenvalue weighted by Gasteiger charge is 2.22. The molecule has 0 heterocycles. The van der Waals surface area contributed by atoms with Crippen LogP contribution in [0.25, 0.3) is 0 Å². The molecule has 6 nitrogen and oxygen atoms in total. The normalized spacial score (nSPS) is 11.7. The first-order valence-electron chi connectivity index (χ1n) is 6.09. The topological polar surface area (TPSA) is 104 Å². The minimum atomic E-state index is -1.41. The quantitative estimate of drug-likeness (QED) is 0.717. The van der Waals surface area contributed by atoms with Gasteiger partial charge in [-0.2, -0.15) is 0 Å². The first-order valence-corrected chi connectivity index (χ1v) is 6.09. The van der Waals surface area contributed by atoms with Crippen molar-refractivity contribution < 1.29 is 24.6 Å². The van der Waals surface area contributed by atoms with Crippen LogP contribution in [0, 0.1) is 13.8 Å². The van der Waals surface area contributed by atoms with Gasteiger partial charge in [-0.3, -0.25) is 9.59 Å². The molecule has 0 fully saturated rings. The van der Waals surface area contributed by atoms with Crippen LogP contribution in [0.1, 0.15) is 23.1 Å². The van der Waals surface area contributed by atoms with Gasteiger partial charge in [0.2, 0.25) is 5.91 Å². The van der Waals surface area contributed by atoms with Crippen molar-refractivity contribution in [2.45, 2.75) is 32.7 Å². The fraction of sp³-hybridized carbons (Fsp3) is 0.357. The predicted octanol–water partition coefficient (Wildman–Crippen LogP) is 0.890. The lowest BCUT2D eigenvalue weighted by Gasteiger charge is -2.12. The van der Waals surface area contributed by atoms with Crippen molar-refractivity contribution in [1.29, 1.82) is 0 Å². The Bertz CT molecular complexity index is 538. The number of hydrogen-bond acceptors (Lipinski definition) is 3. The Morgan fingerprint density at radius 2 is 1.80 bits per heavy atom. The summed E-state index contributed by atoms with van der Waals surface area (Å²) in [5.41, 5.74) is 2.89. The number of carboxylic acid groups (broad SMARTS) is 2. The molecule has 0 spiro atoms. The Balaban J connectivity index is 2.67. The van der Waals surface area contributed by atoms with E-state index in [9.17, 15) is 14.4 Å². The maximum Gasteiger partial charge on any atom is 0.326 e. The van der Waals surface area contributed by atoms with Crippen molar-refractivity contribution in [2.75, 3.05) is 0 Å². The molecule has 1 unspecified atom stereocenters. The number of hydrogen-bond donors (Lipinski definition) is 3. The Morgan fingerprint density at radius 1 is 1.15 bits per heavy atom. The van der Waals surface area contributed by atoms with E-state index in [1.54, 1.807) is 6.07 Å². The summed E-state index contributed by atoms with van der Waals surface area (Å²) in [7, 11) is 0. The summed E-state index contributed by atoms with van der Waals surface area (Å²) in [5.74, 6) is -3.15. The third kappa shape index (κ3) is 4.72. The van der Waals surface area contributed by atoms with Gasteiger partial charge in [0.05, 0.1) is 12.8 Å². The lowest BCUT2D eigenvalue weighted by Crippen LogP contribution is -2.42. The summed E-state index contributed by atoms with van der Waals surface area (Å²) >= 11 is 0. The highest BCUT2D eigenvalue weighted by atomic mass is 16.4. The summed E-state index contributed by atoms with van der Waals surface area (Å²) in [5, 5.41) is 19.6. The second-order valence-electron chi connectivity index (χ2n) is 4.65. The maximum atomic E-state index is 11.7. The van der Waals surface area contributed by atoms with E-state index in [1.165, 1.54) is 0 Å². The molecule has 0 bridgehead atoms. The molecule has 0 radical (unpaired) electrons. The highest BCUT2D eigenvalue weighted by Crippen LogP contribution is 2.10. The van der Waals surface area contributed by atoms with E-state index in [0.717, 1.165) is 16.7 Å². The summed E-state index contributed by atoms with van der Waals surface area (Å²) < 4.78 is 0. The molecule has 20 heavy (non-hydrogen) atoms. The van der Waals surface area contributed by atoms with Crippen LogP contribution in [0.15, 0.2) is 18.2 Å². The van der Waals surface area contributed by atoms with Gasteiger partial charge < -0.3 is 15.5 Å². The second-order valence-corrected chi connectivity index (χ2v) is 4.65. The zero-order valence-electron chi connectivity index (χ0n) is 11.3. The van der Waals surface area contributed by atoms with Gasteiger partial charge in [0.15, 0.2) is 0 Å². The molecular weight excluding hydrogens is 262 g/mol. The number of nitrogens with one attached hydrogen (secondary N) is 1. The van der Waals surface area contributed by atoms with Gasteiger partial charge in [-0.15, -0.1) is 0 Å². The molecule has 0 aliphatic heterocycles. The monoisotopic (exact) mass is 279 g/mol. The summed E-state index contributed by atoms with van der Waals surface area (Å²) in [6.07, 6.45) is -0.626. The van der Waals surface area contributed by atoms with Crippen molar-refractivity contribution in [3.8, 4) is 0 Å². The van der Waals surface area contributed by atoms with Crippen LogP contribution in [0.2, 0.25) is 0 Å². The summed E-state index contributed by atoms with van der Waals surface area (Å²) in [4.78, 5) is 33.1. The number of amides is 1. The Morgan fingerprint density at radius 3 is 2.30 bits per heavy atom. The van der Waals surface area contributed by atoms with Gasteiger partial charge in [0.1, 0.15) is 6.04 Å². The zero-order chi connectivity index (χ0) is 15.3. The van der Waals surface area contributed by atoms with Gasteiger partial charge in [-0.1, -0.05) is 18.2 Å². The molecular formula is C14H17NO5. The van der Waals surface area contributed by atoms with E-state index in [0.29, 0.717) is 0 Å². The van der Waals surface area contributed by atoms with Crippen LogP contribution in [-0.4, -0.2) is 34.1 Å². The van der Waals surface area contributed by atoms with E-state index in [4.69, 9.17) is 10.2 Å². The first-order chi connectivity index (χ1) is 9.29. The number of rotatable bonds is 6. The molecule has 1 rings (SSSR count). The standard InChI is InChI=1S/C14H17NO5/c1-8-3-4-10(5-9(8)2)6-12(16)15-11(14(19)20)7-13(17)18/h3-5,11H,6-7H2,1-2H3,(H,15,16)(H,17,18)(H,19,20). The van der Waals surface area contributed by atoms with Gasteiger partial charge in [-0.25, -0.2) is 4.79 Å². The Labute approximate surface area is 116 Å². The molecule has 0 aromatic heterocycles. The smallest absolute Gasteiger partial charge is 0.326 e. The van der Waals surface area contributed by atoms with Crippen molar-refractivity contribution in [2.24, 2.45) is 0 Å². The minimum absolute atomic E-state index is 0.0184. The molecule has 1 aromatic rings. The third-order valence-electron chi connectivity index (χ3n) is 2.95. The molecule has 1 amide bonds. The molecule has 0 saturated carbocycles. The van der Waals surface area contributed by atoms with E-state index in [-0.39, 0.29) is 6.42 Å². The molecule has 0 aliphatic carbocycles. The number of carboxylic acids is 2. The van der Waals surface area contributed by atoms with Gasteiger partial charge in [0.25, 0.3) is 0 Å². The third-order valence-corrected chi connectivity index (χ3v) is 2.95.